The maximum Gasteiger partial charge on any atom is 0.410 e. The van der Waals surface area contributed by atoms with Crippen molar-refractivity contribution in [1.82, 2.24) is 15.2 Å². The summed E-state index contributed by atoms with van der Waals surface area (Å²) in [5.74, 6) is 0.369. The summed E-state index contributed by atoms with van der Waals surface area (Å²) in [7, 11) is 0. The lowest BCUT2D eigenvalue weighted by Gasteiger charge is -2.33. The highest BCUT2D eigenvalue weighted by molar-refractivity contribution is 5.93. The first kappa shape index (κ1) is 18.9. The number of nitro benzene ring substituents is 1. The zero-order chi connectivity index (χ0) is 19.6. The highest BCUT2D eigenvalue weighted by Crippen LogP contribution is 2.29. The molecule has 10 heteroatoms. The van der Waals surface area contributed by atoms with E-state index in [1.54, 1.807) is 11.0 Å². The first-order valence-corrected chi connectivity index (χ1v) is 8.86. The van der Waals surface area contributed by atoms with E-state index in [4.69, 9.17) is 4.74 Å². The van der Waals surface area contributed by atoms with Crippen molar-refractivity contribution in [3.8, 4) is 0 Å². The van der Waals surface area contributed by atoms with Crippen molar-refractivity contribution < 1.29 is 19.1 Å². The number of nitrogens with zero attached hydrogens (tertiary/aromatic N) is 4. The fourth-order valence-electron chi connectivity index (χ4n) is 3.04. The molecule has 1 aliphatic heterocycles. The van der Waals surface area contributed by atoms with Gasteiger partial charge in [0.1, 0.15) is 5.60 Å². The smallest absolute Gasteiger partial charge is 0.410 e. The van der Waals surface area contributed by atoms with Gasteiger partial charge in [-0.15, -0.1) is 0 Å². The van der Waals surface area contributed by atoms with E-state index in [0.717, 1.165) is 12.8 Å². The number of nitrogens with one attached hydrogen (secondary N) is 1. The van der Waals surface area contributed by atoms with E-state index in [1.807, 2.05) is 20.8 Å². The number of aromatic nitrogens is 2. The molecule has 1 saturated heterocycles. The third-order valence-corrected chi connectivity index (χ3v) is 4.44. The Balaban J connectivity index is 1.56. The van der Waals surface area contributed by atoms with Crippen LogP contribution in [0.1, 0.15) is 33.6 Å². The molecule has 1 aromatic heterocycles. The monoisotopic (exact) mass is 377 g/mol. The van der Waals surface area contributed by atoms with Crippen molar-refractivity contribution in [2.24, 2.45) is 5.92 Å². The molecule has 1 fully saturated rings. The molecule has 0 saturated carbocycles. The van der Waals surface area contributed by atoms with Gasteiger partial charge in [0.2, 0.25) is 5.52 Å². The first-order chi connectivity index (χ1) is 12.7. The van der Waals surface area contributed by atoms with Gasteiger partial charge in [-0.3, -0.25) is 10.1 Å². The molecule has 1 aliphatic rings. The van der Waals surface area contributed by atoms with Crippen LogP contribution in [-0.2, 0) is 4.74 Å². The van der Waals surface area contributed by atoms with E-state index in [1.165, 1.54) is 6.07 Å². The van der Waals surface area contributed by atoms with Crippen LogP contribution in [0.3, 0.4) is 0 Å². The number of carbonyl (C=O) groups excluding carboxylic acids is 1. The average molecular weight is 377 g/mol. The molecule has 0 atom stereocenters. The van der Waals surface area contributed by atoms with Crippen LogP contribution in [0.15, 0.2) is 16.8 Å². The summed E-state index contributed by atoms with van der Waals surface area (Å²) in [6, 6.07) is 3.00. The molecule has 10 nitrogen and oxygen atoms in total. The number of hydrogen-bond donors (Lipinski definition) is 1. The minimum atomic E-state index is -0.511. The lowest BCUT2D eigenvalue weighted by Crippen LogP contribution is -2.42. The summed E-state index contributed by atoms with van der Waals surface area (Å²) in [5, 5.41) is 21.7. The van der Waals surface area contributed by atoms with Gasteiger partial charge in [0.25, 0.3) is 0 Å². The summed E-state index contributed by atoms with van der Waals surface area (Å²) >= 11 is 0. The number of piperidine rings is 1. The Morgan fingerprint density at radius 3 is 2.63 bits per heavy atom. The second-order valence-corrected chi connectivity index (χ2v) is 7.64. The number of hydrogen-bond acceptors (Lipinski definition) is 8. The number of non-ortho nitro benzene ring substituents is 1. The van der Waals surface area contributed by atoms with Gasteiger partial charge >= 0.3 is 11.8 Å². The van der Waals surface area contributed by atoms with Gasteiger partial charge in [0, 0.05) is 25.7 Å². The number of anilines is 1. The quantitative estimate of drug-likeness (QED) is 0.636. The second kappa shape index (κ2) is 7.37. The Morgan fingerprint density at radius 2 is 2.00 bits per heavy atom. The minimum Gasteiger partial charge on any atom is -0.444 e. The molecule has 0 radical (unpaired) electrons. The van der Waals surface area contributed by atoms with Gasteiger partial charge < -0.3 is 15.0 Å². The Labute approximate surface area is 155 Å². The van der Waals surface area contributed by atoms with Crippen LogP contribution in [0.2, 0.25) is 0 Å². The van der Waals surface area contributed by atoms with Crippen molar-refractivity contribution in [3.63, 3.8) is 0 Å². The number of amides is 1. The van der Waals surface area contributed by atoms with Crippen LogP contribution in [0.25, 0.3) is 11.0 Å². The second-order valence-electron chi connectivity index (χ2n) is 7.64. The molecule has 0 unspecified atom stereocenters. The minimum absolute atomic E-state index is 0.129. The van der Waals surface area contributed by atoms with Crippen molar-refractivity contribution in [2.75, 3.05) is 25.0 Å². The molecule has 1 aromatic carbocycles. The van der Waals surface area contributed by atoms with Crippen molar-refractivity contribution in [1.29, 1.82) is 0 Å². The molecule has 0 spiro atoms. The van der Waals surface area contributed by atoms with Crippen LogP contribution < -0.4 is 5.32 Å². The topological polar surface area (TPSA) is 124 Å². The molecule has 1 amide bonds. The predicted molar refractivity (Wildman–Crippen MR) is 97.5 cm³/mol. The molecule has 27 heavy (non-hydrogen) atoms. The van der Waals surface area contributed by atoms with Gasteiger partial charge in [0.15, 0.2) is 5.52 Å². The van der Waals surface area contributed by atoms with Crippen LogP contribution in [-0.4, -0.2) is 51.5 Å². The average Bonchev–Trinajstić information content (AvgIpc) is 3.08. The van der Waals surface area contributed by atoms with E-state index in [2.05, 4.69) is 20.3 Å². The van der Waals surface area contributed by atoms with Crippen molar-refractivity contribution in [2.45, 2.75) is 39.2 Å². The van der Waals surface area contributed by atoms with Gasteiger partial charge in [0.05, 0.1) is 10.6 Å². The number of likely N-dealkylation sites (tertiary alicyclic amines) is 1. The summed E-state index contributed by atoms with van der Waals surface area (Å²) in [6.07, 6.45) is 1.42. The van der Waals surface area contributed by atoms with E-state index in [9.17, 15) is 14.9 Å². The van der Waals surface area contributed by atoms with Crippen LogP contribution in [0, 0.1) is 16.0 Å². The normalized spacial score (nSPS) is 15.7. The first-order valence-electron chi connectivity index (χ1n) is 8.86. The zero-order valence-corrected chi connectivity index (χ0v) is 15.6. The van der Waals surface area contributed by atoms with Gasteiger partial charge in [-0.1, -0.05) is 0 Å². The Bertz CT molecular complexity index is 836. The van der Waals surface area contributed by atoms with Crippen LogP contribution >= 0.6 is 0 Å². The van der Waals surface area contributed by atoms with Gasteiger partial charge in [-0.05, 0) is 55.9 Å². The number of rotatable bonds is 4. The maximum absolute atomic E-state index is 12.1. The van der Waals surface area contributed by atoms with Crippen molar-refractivity contribution >= 4 is 28.5 Å². The lowest BCUT2D eigenvalue weighted by atomic mass is 9.97. The Kier molecular flexibility index (Phi) is 5.15. The maximum atomic E-state index is 12.1. The molecular weight excluding hydrogens is 354 g/mol. The third-order valence-electron chi connectivity index (χ3n) is 4.44. The van der Waals surface area contributed by atoms with E-state index in [0.29, 0.717) is 36.8 Å². The van der Waals surface area contributed by atoms with Crippen LogP contribution in [0.4, 0.5) is 16.2 Å². The fraction of sp³-hybridized carbons (Fsp3) is 0.588. The van der Waals surface area contributed by atoms with E-state index >= 15 is 0 Å². The summed E-state index contributed by atoms with van der Waals surface area (Å²) < 4.78 is 10.1. The SMILES string of the molecule is CC(C)(C)OC(=O)N1CCC(CNc2ccc([N+](=O)[O-])c3nonc23)CC1. The molecule has 2 aromatic rings. The standard InChI is InChI=1S/C17H23N5O5/c1-17(2,3)26-16(23)21-8-6-11(7-9-21)10-18-12-4-5-13(22(24)25)15-14(12)19-27-20-15/h4-5,11,18H,6-10H2,1-3H3. The van der Waals surface area contributed by atoms with E-state index < -0.39 is 10.5 Å². The van der Waals surface area contributed by atoms with E-state index in [-0.39, 0.29) is 17.3 Å². The summed E-state index contributed by atoms with van der Waals surface area (Å²) in [4.78, 5) is 24.4. The number of ether oxygens (including phenoxy) is 1. The molecule has 1 N–H and O–H groups in total. The number of carbonyl (C=O) groups is 1. The predicted octanol–water partition coefficient (Wildman–Crippen LogP) is 3.19. The third kappa shape index (κ3) is 4.44. The molecule has 0 bridgehead atoms. The van der Waals surface area contributed by atoms with Gasteiger partial charge in [-0.25, -0.2) is 9.42 Å². The number of benzene rings is 1. The summed E-state index contributed by atoms with van der Waals surface area (Å²) in [6.45, 7) is 7.51. The van der Waals surface area contributed by atoms with Crippen molar-refractivity contribution in [3.05, 3.63) is 22.2 Å². The van der Waals surface area contributed by atoms with Crippen LogP contribution in [0.5, 0.6) is 0 Å². The number of nitro groups is 1. The van der Waals surface area contributed by atoms with Gasteiger partial charge in [-0.2, -0.15) is 0 Å². The molecule has 2 heterocycles. The molecular formula is C17H23N5O5. The number of fused-ring (bicyclic) bond motifs is 1. The highest BCUT2D eigenvalue weighted by Gasteiger charge is 2.27. The largest absolute Gasteiger partial charge is 0.444 e. The summed E-state index contributed by atoms with van der Waals surface area (Å²) in [5.41, 5.74) is 0.483. The molecule has 0 aliphatic carbocycles. The fourth-order valence-corrected chi connectivity index (χ4v) is 3.04. The lowest BCUT2D eigenvalue weighted by molar-refractivity contribution is -0.383. The molecule has 3 rings (SSSR count). The highest BCUT2D eigenvalue weighted by atomic mass is 16.6. The molecule has 146 valence electrons. The Hall–Kier alpha value is -2.91. The Morgan fingerprint density at radius 1 is 1.33 bits per heavy atom. The zero-order valence-electron chi connectivity index (χ0n) is 15.6.